The molecule has 1 rings (SSSR count). The number of halogens is 1. The molecule has 0 aliphatic heterocycles. The highest BCUT2D eigenvalue weighted by Gasteiger charge is 2.08. The Labute approximate surface area is 88.9 Å². The van der Waals surface area contributed by atoms with Crippen molar-refractivity contribution in [3.8, 4) is 5.75 Å². The summed E-state index contributed by atoms with van der Waals surface area (Å²) in [5.74, 6) is -0.114. The van der Waals surface area contributed by atoms with Crippen molar-refractivity contribution in [1.29, 1.82) is 0 Å². The Morgan fingerprint density at radius 2 is 1.77 bits per heavy atom. The van der Waals surface area contributed by atoms with Gasteiger partial charge in [0.15, 0.2) is 9.57 Å². The van der Waals surface area contributed by atoms with E-state index in [9.17, 15) is 9.59 Å². The lowest BCUT2D eigenvalue weighted by Gasteiger charge is -1.97. The zero-order valence-corrected chi connectivity index (χ0v) is 8.82. The van der Waals surface area contributed by atoms with Crippen molar-refractivity contribution in [2.24, 2.45) is 0 Å². The van der Waals surface area contributed by atoms with Crippen LogP contribution in [0.4, 0.5) is 0 Å². The molecule has 0 heterocycles. The molecule has 0 aromatic heterocycles. The van der Waals surface area contributed by atoms with E-state index in [-0.39, 0.29) is 21.7 Å². The second-order valence-corrected chi connectivity index (χ2v) is 3.71. The van der Waals surface area contributed by atoms with Gasteiger partial charge < -0.3 is 5.11 Å². The molecule has 0 radical (unpaired) electrons. The molecule has 0 amide bonds. The quantitative estimate of drug-likeness (QED) is 0.400. The predicted molar refractivity (Wildman–Crippen MR) is 56.1 cm³/mol. The average molecular weight is 290 g/mol. The molecule has 1 aromatic rings. The van der Waals surface area contributed by atoms with E-state index in [4.69, 9.17) is 5.11 Å². The zero-order valence-electron chi connectivity index (χ0n) is 6.66. The Bertz CT molecular complexity index is 329. The lowest BCUT2D eigenvalue weighted by Crippen LogP contribution is -2.02. The van der Waals surface area contributed by atoms with Crippen molar-refractivity contribution in [3.05, 3.63) is 29.8 Å². The number of ketones is 1. The highest BCUT2D eigenvalue weighted by atomic mass is 127. The number of hydrogen-bond donors (Lipinski definition) is 1. The third-order valence-electron chi connectivity index (χ3n) is 1.49. The van der Waals surface area contributed by atoms with E-state index >= 15 is 0 Å². The Kier molecular flexibility index (Phi) is 3.41. The van der Waals surface area contributed by atoms with Gasteiger partial charge in [-0.2, -0.15) is 0 Å². The molecule has 0 saturated carbocycles. The number of hydrogen-bond acceptors (Lipinski definition) is 3. The van der Waals surface area contributed by atoms with E-state index in [1.807, 2.05) is 0 Å². The minimum absolute atomic E-state index is 0.0919. The minimum Gasteiger partial charge on any atom is -0.508 e. The summed E-state index contributed by atoms with van der Waals surface area (Å²) in [4.78, 5) is 21.9. The van der Waals surface area contributed by atoms with Gasteiger partial charge in [-0.1, -0.05) is 0 Å². The van der Waals surface area contributed by atoms with Gasteiger partial charge in [-0.25, -0.2) is 0 Å². The van der Waals surface area contributed by atoms with Crippen molar-refractivity contribution in [2.45, 2.75) is 6.42 Å². The largest absolute Gasteiger partial charge is 0.508 e. The molecule has 0 aliphatic carbocycles. The van der Waals surface area contributed by atoms with Crippen LogP contribution in [0, 0.1) is 0 Å². The predicted octanol–water partition coefficient (Wildman–Crippen LogP) is 1.93. The van der Waals surface area contributed by atoms with Crippen LogP contribution in [-0.4, -0.2) is 14.7 Å². The van der Waals surface area contributed by atoms with E-state index in [1.54, 1.807) is 22.6 Å². The number of phenols is 1. The maximum Gasteiger partial charge on any atom is 0.200 e. The van der Waals surface area contributed by atoms with Crippen molar-refractivity contribution in [2.75, 3.05) is 0 Å². The summed E-state index contributed by atoms with van der Waals surface area (Å²) in [5.41, 5.74) is 0.447. The van der Waals surface area contributed by atoms with Gasteiger partial charge in [0.25, 0.3) is 0 Å². The Morgan fingerprint density at radius 1 is 1.23 bits per heavy atom. The summed E-state index contributed by atoms with van der Waals surface area (Å²) >= 11 is 1.58. The van der Waals surface area contributed by atoms with E-state index < -0.39 is 0 Å². The second-order valence-electron chi connectivity index (χ2n) is 2.50. The third-order valence-corrected chi connectivity index (χ3v) is 1.87. The van der Waals surface area contributed by atoms with Crippen LogP contribution in [0.2, 0.25) is 0 Å². The number of aromatic hydroxyl groups is 1. The molecular weight excluding hydrogens is 283 g/mol. The summed E-state index contributed by atoms with van der Waals surface area (Å²) in [6, 6.07) is 5.84. The van der Waals surface area contributed by atoms with Crippen molar-refractivity contribution in [3.63, 3.8) is 0 Å². The van der Waals surface area contributed by atoms with Gasteiger partial charge in [0, 0.05) is 28.2 Å². The van der Waals surface area contributed by atoms with Crippen molar-refractivity contribution < 1.29 is 14.7 Å². The molecule has 1 N–H and O–H groups in total. The summed E-state index contributed by atoms with van der Waals surface area (Å²) in [6.45, 7) is 0. The number of benzene rings is 1. The molecule has 0 fully saturated rings. The summed E-state index contributed by atoms with van der Waals surface area (Å²) in [5, 5.41) is 8.94. The lowest BCUT2D eigenvalue weighted by atomic mass is 10.1. The van der Waals surface area contributed by atoms with Gasteiger partial charge in [-0.3, -0.25) is 9.59 Å². The molecule has 0 aliphatic rings. The van der Waals surface area contributed by atoms with Crippen LogP contribution < -0.4 is 0 Å². The van der Waals surface area contributed by atoms with E-state index in [0.717, 1.165) is 0 Å². The first-order valence-electron chi connectivity index (χ1n) is 3.60. The number of carbonyl (C=O) groups is 2. The van der Waals surface area contributed by atoms with Gasteiger partial charge in [-0.15, -0.1) is 0 Å². The molecule has 3 nitrogen and oxygen atoms in total. The first-order valence-corrected chi connectivity index (χ1v) is 4.68. The van der Waals surface area contributed by atoms with Crippen molar-refractivity contribution in [1.82, 2.24) is 0 Å². The first kappa shape index (κ1) is 10.2. The Hall–Kier alpha value is -0.910. The van der Waals surface area contributed by atoms with Crippen LogP contribution in [0.3, 0.4) is 0 Å². The molecule has 0 unspecified atom stereocenters. The van der Waals surface area contributed by atoms with Gasteiger partial charge in [0.05, 0.1) is 6.42 Å². The van der Waals surface area contributed by atoms with Crippen LogP contribution in [0.15, 0.2) is 24.3 Å². The molecule has 0 spiro atoms. The number of rotatable bonds is 3. The van der Waals surface area contributed by atoms with E-state index in [1.165, 1.54) is 24.3 Å². The van der Waals surface area contributed by atoms with Crippen LogP contribution in [-0.2, 0) is 4.79 Å². The molecule has 0 saturated heterocycles. The fraction of sp³-hybridized carbons (Fsp3) is 0.111. The summed E-state index contributed by atoms with van der Waals surface area (Å²) in [6.07, 6.45) is -0.0919. The number of phenolic OH excluding ortho intramolecular Hbond substituents is 1. The SMILES string of the molecule is O=C(I)CC(=O)c1ccc(O)cc1. The fourth-order valence-corrected chi connectivity index (χ4v) is 1.22. The van der Waals surface area contributed by atoms with Crippen LogP contribution >= 0.6 is 22.6 Å². The third kappa shape index (κ3) is 3.14. The summed E-state index contributed by atoms with van der Waals surface area (Å²) < 4.78 is -0.185. The molecule has 13 heavy (non-hydrogen) atoms. The van der Waals surface area contributed by atoms with Gasteiger partial charge in [0.2, 0.25) is 0 Å². The lowest BCUT2D eigenvalue weighted by molar-refractivity contribution is -0.108. The summed E-state index contributed by atoms with van der Waals surface area (Å²) in [7, 11) is 0. The Morgan fingerprint density at radius 3 is 2.23 bits per heavy atom. The van der Waals surface area contributed by atoms with Gasteiger partial charge >= 0.3 is 0 Å². The first-order chi connectivity index (χ1) is 6.09. The second kappa shape index (κ2) is 4.36. The van der Waals surface area contributed by atoms with Crippen LogP contribution in [0.25, 0.3) is 0 Å². The topological polar surface area (TPSA) is 54.4 Å². The standard InChI is InChI=1S/C9H7IO3/c10-9(13)5-8(12)6-1-3-7(11)4-2-6/h1-4,11H,5H2. The number of carbonyl (C=O) groups excluding carboxylic acids is 2. The minimum atomic E-state index is -0.223. The highest BCUT2D eigenvalue weighted by molar-refractivity contribution is 14.1. The Balaban J connectivity index is 2.78. The van der Waals surface area contributed by atoms with Gasteiger partial charge in [-0.05, 0) is 24.3 Å². The molecule has 4 heteroatoms. The number of Topliss-reactive ketones (excluding diaryl/α,β-unsaturated/α-hetero) is 1. The van der Waals surface area contributed by atoms with Gasteiger partial charge in [0.1, 0.15) is 5.75 Å². The molecule has 68 valence electrons. The highest BCUT2D eigenvalue weighted by Crippen LogP contribution is 2.12. The molecule has 1 aromatic carbocycles. The monoisotopic (exact) mass is 290 g/mol. The average Bonchev–Trinajstić information content (AvgIpc) is 2.04. The van der Waals surface area contributed by atoms with Crippen molar-refractivity contribution >= 4 is 32.2 Å². The zero-order chi connectivity index (χ0) is 9.84. The smallest absolute Gasteiger partial charge is 0.200 e. The maximum absolute atomic E-state index is 11.3. The van der Waals surface area contributed by atoms with E-state index in [2.05, 4.69) is 0 Å². The normalized spacial score (nSPS) is 9.62. The van der Waals surface area contributed by atoms with Crippen LogP contribution in [0.1, 0.15) is 16.8 Å². The molecular formula is C9H7IO3. The molecule has 0 bridgehead atoms. The molecule has 0 atom stereocenters. The fourth-order valence-electron chi connectivity index (χ4n) is 0.876. The van der Waals surface area contributed by atoms with Crippen LogP contribution in [0.5, 0.6) is 5.75 Å². The maximum atomic E-state index is 11.3. The van der Waals surface area contributed by atoms with E-state index in [0.29, 0.717) is 5.56 Å².